The van der Waals surface area contributed by atoms with Gasteiger partial charge in [0.05, 0.1) is 6.54 Å². The van der Waals surface area contributed by atoms with Crippen molar-refractivity contribution in [2.45, 2.75) is 27.3 Å². The molecule has 23 heavy (non-hydrogen) atoms. The van der Waals surface area contributed by atoms with Crippen LogP contribution in [-0.2, 0) is 6.54 Å². The Hall–Kier alpha value is -2.63. The van der Waals surface area contributed by atoms with E-state index < -0.39 is 5.97 Å². The minimum atomic E-state index is -1.07. The molecule has 1 heterocycles. The van der Waals surface area contributed by atoms with Crippen LogP contribution in [0.4, 0.5) is 4.39 Å². The summed E-state index contributed by atoms with van der Waals surface area (Å²) in [4.78, 5) is 24.8. The highest BCUT2D eigenvalue weighted by Gasteiger charge is 2.19. The first-order valence-corrected chi connectivity index (χ1v) is 7.05. The van der Waals surface area contributed by atoms with Crippen molar-refractivity contribution in [3.8, 4) is 0 Å². The molecule has 5 nitrogen and oxygen atoms in total. The van der Waals surface area contributed by atoms with Crippen LogP contribution in [0, 0.1) is 26.6 Å². The number of furan rings is 1. The molecule has 0 atom stereocenters. The third-order valence-electron chi connectivity index (χ3n) is 3.62. The lowest BCUT2D eigenvalue weighted by Gasteiger charge is -2.16. The molecule has 0 spiro atoms. The average Bonchev–Trinajstić information content (AvgIpc) is 2.84. The second-order valence-corrected chi connectivity index (χ2v) is 5.57. The SMILES string of the molecule is Cc1cc(C(=O)N(C)Cc2cc(C(=O)O)c(C)o2)cc(C)c1F. The predicted molar refractivity (Wildman–Crippen MR) is 82.1 cm³/mol. The second-order valence-electron chi connectivity index (χ2n) is 5.57. The molecule has 1 amide bonds. The molecule has 0 bridgehead atoms. The summed E-state index contributed by atoms with van der Waals surface area (Å²) in [5.41, 5.74) is 1.27. The quantitative estimate of drug-likeness (QED) is 0.938. The fraction of sp³-hybridized carbons (Fsp3) is 0.294. The van der Waals surface area contributed by atoms with E-state index in [1.165, 1.54) is 23.1 Å². The van der Waals surface area contributed by atoms with Gasteiger partial charge in [0.15, 0.2) is 0 Å². The van der Waals surface area contributed by atoms with Gasteiger partial charge in [-0.15, -0.1) is 0 Å². The van der Waals surface area contributed by atoms with E-state index in [-0.39, 0.29) is 23.8 Å². The molecule has 2 rings (SSSR count). The molecule has 0 unspecified atom stereocenters. The van der Waals surface area contributed by atoms with Crippen molar-refractivity contribution >= 4 is 11.9 Å². The van der Waals surface area contributed by atoms with E-state index in [0.29, 0.717) is 28.2 Å². The Balaban J connectivity index is 2.20. The second kappa shape index (κ2) is 6.24. The maximum absolute atomic E-state index is 13.6. The van der Waals surface area contributed by atoms with E-state index in [1.54, 1.807) is 27.8 Å². The van der Waals surface area contributed by atoms with Gasteiger partial charge in [0, 0.05) is 12.6 Å². The average molecular weight is 319 g/mol. The summed E-state index contributed by atoms with van der Waals surface area (Å²) >= 11 is 0. The molecule has 0 saturated carbocycles. The largest absolute Gasteiger partial charge is 0.478 e. The number of amides is 1. The topological polar surface area (TPSA) is 70.8 Å². The summed E-state index contributed by atoms with van der Waals surface area (Å²) < 4.78 is 19.0. The van der Waals surface area contributed by atoms with Crippen molar-refractivity contribution in [3.63, 3.8) is 0 Å². The first kappa shape index (κ1) is 16.7. The molecule has 0 aliphatic rings. The van der Waals surface area contributed by atoms with Crippen molar-refractivity contribution in [2.75, 3.05) is 7.05 Å². The summed E-state index contributed by atoms with van der Waals surface area (Å²) in [5, 5.41) is 9.01. The van der Waals surface area contributed by atoms with Crippen LogP contribution in [-0.4, -0.2) is 28.9 Å². The molecule has 1 N–H and O–H groups in total. The third-order valence-corrected chi connectivity index (χ3v) is 3.62. The zero-order valence-corrected chi connectivity index (χ0v) is 13.4. The van der Waals surface area contributed by atoms with Crippen molar-refractivity contribution in [3.05, 3.63) is 57.8 Å². The number of benzene rings is 1. The van der Waals surface area contributed by atoms with E-state index in [4.69, 9.17) is 9.52 Å². The highest BCUT2D eigenvalue weighted by Crippen LogP contribution is 2.19. The molecule has 0 saturated heterocycles. The first-order chi connectivity index (χ1) is 10.7. The lowest BCUT2D eigenvalue weighted by atomic mass is 10.1. The lowest BCUT2D eigenvalue weighted by molar-refractivity contribution is 0.0694. The molecule has 6 heteroatoms. The van der Waals surface area contributed by atoms with Gasteiger partial charge < -0.3 is 14.4 Å². The molecule has 1 aromatic carbocycles. The van der Waals surface area contributed by atoms with Crippen molar-refractivity contribution in [1.82, 2.24) is 4.90 Å². The number of aryl methyl sites for hydroxylation is 3. The number of carboxylic acid groups (broad SMARTS) is 1. The Bertz CT molecular complexity index is 756. The number of halogens is 1. The van der Waals surface area contributed by atoms with Gasteiger partial charge in [-0.05, 0) is 50.1 Å². The maximum Gasteiger partial charge on any atom is 0.339 e. The lowest BCUT2D eigenvalue weighted by Crippen LogP contribution is -2.26. The van der Waals surface area contributed by atoms with Crippen LogP contribution < -0.4 is 0 Å². The number of rotatable bonds is 4. The molecule has 0 aliphatic carbocycles. The molecule has 122 valence electrons. The van der Waals surface area contributed by atoms with Gasteiger partial charge in [0.2, 0.25) is 0 Å². The standard InChI is InChI=1S/C17H18FNO4/c1-9-5-12(6-10(2)15(9)18)16(20)19(4)8-13-7-14(17(21)22)11(3)23-13/h5-7H,8H2,1-4H3,(H,21,22). The fourth-order valence-electron chi connectivity index (χ4n) is 2.43. The highest BCUT2D eigenvalue weighted by atomic mass is 19.1. The molecule has 0 radical (unpaired) electrons. The Labute approximate surface area is 133 Å². The summed E-state index contributed by atoms with van der Waals surface area (Å²) in [6.45, 7) is 4.90. The van der Waals surface area contributed by atoms with Crippen LogP contribution in [0.2, 0.25) is 0 Å². The fourth-order valence-corrected chi connectivity index (χ4v) is 2.43. The number of hydrogen-bond donors (Lipinski definition) is 1. The van der Waals surface area contributed by atoms with Crippen LogP contribution in [0.1, 0.15) is 43.4 Å². The van der Waals surface area contributed by atoms with Crippen LogP contribution in [0.3, 0.4) is 0 Å². The first-order valence-electron chi connectivity index (χ1n) is 7.05. The molecule has 1 aromatic heterocycles. The number of hydrogen-bond acceptors (Lipinski definition) is 3. The predicted octanol–water partition coefficient (Wildman–Crippen LogP) is 3.31. The van der Waals surface area contributed by atoms with E-state index >= 15 is 0 Å². The smallest absolute Gasteiger partial charge is 0.339 e. The van der Waals surface area contributed by atoms with Gasteiger partial charge in [-0.25, -0.2) is 9.18 Å². The summed E-state index contributed by atoms with van der Waals surface area (Å²) in [5.74, 6) is -1.01. The van der Waals surface area contributed by atoms with Gasteiger partial charge in [-0.1, -0.05) is 0 Å². The molecular formula is C17H18FNO4. The van der Waals surface area contributed by atoms with Gasteiger partial charge in [0.1, 0.15) is 22.9 Å². The zero-order chi connectivity index (χ0) is 17.3. The van der Waals surface area contributed by atoms with Crippen LogP contribution >= 0.6 is 0 Å². The number of aromatic carboxylic acids is 1. The number of carbonyl (C=O) groups excluding carboxylic acids is 1. The maximum atomic E-state index is 13.6. The Morgan fingerprint density at radius 3 is 2.22 bits per heavy atom. The monoisotopic (exact) mass is 319 g/mol. The molecule has 0 aliphatic heterocycles. The van der Waals surface area contributed by atoms with E-state index in [0.717, 1.165) is 0 Å². The summed E-state index contributed by atoms with van der Waals surface area (Å²) in [7, 11) is 1.58. The van der Waals surface area contributed by atoms with Gasteiger partial charge >= 0.3 is 5.97 Å². The van der Waals surface area contributed by atoms with E-state index in [2.05, 4.69) is 0 Å². The van der Waals surface area contributed by atoms with Crippen molar-refractivity contribution in [2.24, 2.45) is 0 Å². The number of carbonyl (C=O) groups is 2. The Kier molecular flexibility index (Phi) is 4.54. The summed E-state index contributed by atoms with van der Waals surface area (Å²) in [6.07, 6.45) is 0. The van der Waals surface area contributed by atoms with E-state index in [1.807, 2.05) is 0 Å². The molecule has 0 fully saturated rings. The Morgan fingerprint density at radius 1 is 1.17 bits per heavy atom. The molecular weight excluding hydrogens is 301 g/mol. The Morgan fingerprint density at radius 2 is 1.74 bits per heavy atom. The summed E-state index contributed by atoms with van der Waals surface area (Å²) in [6, 6.07) is 4.40. The third kappa shape index (κ3) is 3.41. The van der Waals surface area contributed by atoms with Crippen molar-refractivity contribution in [1.29, 1.82) is 0 Å². The minimum Gasteiger partial charge on any atom is -0.478 e. The van der Waals surface area contributed by atoms with Crippen LogP contribution in [0.15, 0.2) is 22.6 Å². The van der Waals surface area contributed by atoms with Gasteiger partial charge in [-0.3, -0.25) is 4.79 Å². The van der Waals surface area contributed by atoms with E-state index in [9.17, 15) is 14.0 Å². The zero-order valence-electron chi connectivity index (χ0n) is 13.4. The molecule has 2 aromatic rings. The van der Waals surface area contributed by atoms with Crippen LogP contribution in [0.25, 0.3) is 0 Å². The number of nitrogens with zero attached hydrogens (tertiary/aromatic N) is 1. The highest BCUT2D eigenvalue weighted by molar-refractivity contribution is 5.94. The van der Waals surface area contributed by atoms with Crippen LogP contribution in [0.5, 0.6) is 0 Å². The van der Waals surface area contributed by atoms with Gasteiger partial charge in [-0.2, -0.15) is 0 Å². The van der Waals surface area contributed by atoms with Gasteiger partial charge in [0.25, 0.3) is 5.91 Å². The normalized spacial score (nSPS) is 10.7. The number of carboxylic acids is 1. The van der Waals surface area contributed by atoms with Crippen molar-refractivity contribution < 1.29 is 23.5 Å². The minimum absolute atomic E-state index is 0.0781.